The van der Waals surface area contributed by atoms with Crippen LogP contribution in [0.25, 0.3) is 11.1 Å². The molecule has 1 aliphatic carbocycles. The summed E-state index contributed by atoms with van der Waals surface area (Å²) in [6, 6.07) is 9.20. The predicted molar refractivity (Wildman–Crippen MR) is 106 cm³/mol. The maximum absolute atomic E-state index is 14.5. The molecule has 0 amide bonds. The Kier molecular flexibility index (Phi) is 7.24. The Morgan fingerprint density at radius 3 is 2.85 bits per heavy atom. The summed E-state index contributed by atoms with van der Waals surface area (Å²) in [4.78, 5) is 15.0. The maximum atomic E-state index is 14.5. The average molecular weight is 389 g/mol. The quantitative estimate of drug-likeness (QED) is 0.600. The lowest BCUT2D eigenvalue weighted by Gasteiger charge is -2.13. The summed E-state index contributed by atoms with van der Waals surface area (Å²) < 4.78 is 14.5. The number of thioether (sulfide) groups is 1. The zero-order chi connectivity index (χ0) is 19.1. The van der Waals surface area contributed by atoms with Crippen LogP contribution in [0.4, 0.5) is 4.39 Å². The smallest absolute Gasteiger partial charge is 0.303 e. The number of hydrogen-bond acceptors (Lipinski definition) is 4. The molecule has 0 saturated heterocycles. The summed E-state index contributed by atoms with van der Waals surface area (Å²) in [5, 5.41) is 13.3. The van der Waals surface area contributed by atoms with E-state index in [0.717, 1.165) is 16.2 Å². The lowest BCUT2D eigenvalue weighted by atomic mass is 10.0. The summed E-state index contributed by atoms with van der Waals surface area (Å²) in [5.74, 6) is -1.06. The topological polar surface area (TPSA) is 62.2 Å². The number of nitrogens with zero attached hydrogens (tertiary/aromatic N) is 1. The Hall–Kier alpha value is -1.92. The number of pyridine rings is 1. The number of aliphatic carboxylic acids is 1. The van der Waals surface area contributed by atoms with Crippen molar-refractivity contribution in [1.82, 2.24) is 10.3 Å². The highest BCUT2D eigenvalue weighted by molar-refractivity contribution is 8.00. The van der Waals surface area contributed by atoms with Gasteiger partial charge in [0.05, 0.1) is 0 Å². The van der Waals surface area contributed by atoms with E-state index < -0.39 is 5.97 Å². The van der Waals surface area contributed by atoms with E-state index in [-0.39, 0.29) is 12.2 Å². The van der Waals surface area contributed by atoms with Crippen molar-refractivity contribution in [2.75, 3.05) is 6.54 Å². The highest BCUT2D eigenvalue weighted by atomic mass is 32.2. The molecule has 1 saturated carbocycles. The highest BCUT2D eigenvalue weighted by Crippen LogP contribution is 2.38. The molecule has 3 rings (SSSR count). The molecule has 1 fully saturated rings. The standard InChI is InChI=1S/C21H25FN2O2S/c22-19-13-15(9-10-16(19)14-23-11-4-8-20(25)26)18-7-3-12-24-21(18)27-17-5-1-2-6-17/h3,7,9-10,12-13,17,23H,1-2,4-6,8,11,14H2,(H,25,26). The van der Waals surface area contributed by atoms with Crippen LogP contribution in [-0.4, -0.2) is 27.9 Å². The second-order valence-electron chi connectivity index (χ2n) is 6.86. The highest BCUT2D eigenvalue weighted by Gasteiger charge is 2.19. The number of benzene rings is 1. The number of carboxylic acids is 1. The van der Waals surface area contributed by atoms with Gasteiger partial charge in [0.25, 0.3) is 0 Å². The number of carbonyl (C=O) groups is 1. The van der Waals surface area contributed by atoms with E-state index in [1.54, 1.807) is 18.3 Å². The zero-order valence-corrected chi connectivity index (χ0v) is 16.1. The van der Waals surface area contributed by atoms with Crippen LogP contribution in [0, 0.1) is 5.82 Å². The molecule has 1 aliphatic rings. The van der Waals surface area contributed by atoms with Crippen LogP contribution in [0.15, 0.2) is 41.6 Å². The SMILES string of the molecule is O=C(O)CCCNCc1ccc(-c2cccnc2SC2CCCC2)cc1F. The first-order chi connectivity index (χ1) is 13.1. The van der Waals surface area contributed by atoms with Gasteiger partial charge in [-0.25, -0.2) is 9.37 Å². The lowest BCUT2D eigenvalue weighted by Crippen LogP contribution is -2.16. The Balaban J connectivity index is 1.65. The minimum absolute atomic E-state index is 0.122. The van der Waals surface area contributed by atoms with Gasteiger partial charge in [-0.05, 0) is 43.5 Å². The van der Waals surface area contributed by atoms with Gasteiger partial charge in [-0.1, -0.05) is 31.0 Å². The van der Waals surface area contributed by atoms with E-state index in [2.05, 4.69) is 10.3 Å². The molecule has 144 valence electrons. The number of aromatic nitrogens is 1. The van der Waals surface area contributed by atoms with Crippen LogP contribution in [-0.2, 0) is 11.3 Å². The van der Waals surface area contributed by atoms with Gasteiger partial charge in [-0.3, -0.25) is 4.79 Å². The van der Waals surface area contributed by atoms with Crippen molar-refractivity contribution in [2.45, 2.75) is 55.3 Å². The van der Waals surface area contributed by atoms with E-state index in [0.29, 0.717) is 30.3 Å². The molecule has 0 atom stereocenters. The summed E-state index contributed by atoms with van der Waals surface area (Å²) in [5.41, 5.74) is 2.41. The Morgan fingerprint density at radius 1 is 1.30 bits per heavy atom. The van der Waals surface area contributed by atoms with Crippen molar-refractivity contribution in [3.8, 4) is 11.1 Å². The van der Waals surface area contributed by atoms with E-state index in [1.807, 2.05) is 30.0 Å². The van der Waals surface area contributed by atoms with Crippen molar-refractivity contribution in [3.05, 3.63) is 47.9 Å². The minimum atomic E-state index is -0.810. The van der Waals surface area contributed by atoms with Crippen LogP contribution in [0.3, 0.4) is 0 Å². The molecule has 4 nitrogen and oxygen atoms in total. The molecule has 1 heterocycles. The lowest BCUT2D eigenvalue weighted by molar-refractivity contribution is -0.137. The first-order valence-electron chi connectivity index (χ1n) is 9.46. The second kappa shape index (κ2) is 9.85. The van der Waals surface area contributed by atoms with Gasteiger partial charge in [0.2, 0.25) is 0 Å². The van der Waals surface area contributed by atoms with Gasteiger partial charge in [0.15, 0.2) is 0 Å². The summed E-state index contributed by atoms with van der Waals surface area (Å²) in [6.07, 6.45) is 7.46. The third kappa shape index (κ3) is 5.78. The van der Waals surface area contributed by atoms with Crippen molar-refractivity contribution < 1.29 is 14.3 Å². The van der Waals surface area contributed by atoms with E-state index in [9.17, 15) is 9.18 Å². The van der Waals surface area contributed by atoms with Gasteiger partial charge in [0, 0.05) is 35.5 Å². The molecule has 0 unspecified atom stereocenters. The summed E-state index contributed by atoms with van der Waals surface area (Å²) in [6.45, 7) is 0.945. The fraction of sp³-hybridized carbons (Fsp3) is 0.429. The van der Waals surface area contributed by atoms with Crippen LogP contribution in [0.2, 0.25) is 0 Å². The van der Waals surface area contributed by atoms with Gasteiger partial charge in [0.1, 0.15) is 10.8 Å². The van der Waals surface area contributed by atoms with Crippen LogP contribution >= 0.6 is 11.8 Å². The number of halogens is 1. The predicted octanol–water partition coefficient (Wildman–Crippen LogP) is 4.88. The number of nitrogens with one attached hydrogen (secondary N) is 1. The van der Waals surface area contributed by atoms with E-state index in [4.69, 9.17) is 5.11 Å². The van der Waals surface area contributed by atoms with Crippen LogP contribution < -0.4 is 5.32 Å². The fourth-order valence-corrected chi connectivity index (χ4v) is 4.63. The largest absolute Gasteiger partial charge is 0.481 e. The number of carboxylic acid groups (broad SMARTS) is 1. The van der Waals surface area contributed by atoms with Crippen molar-refractivity contribution in [1.29, 1.82) is 0 Å². The van der Waals surface area contributed by atoms with Crippen LogP contribution in [0.1, 0.15) is 44.1 Å². The van der Waals surface area contributed by atoms with Gasteiger partial charge >= 0.3 is 5.97 Å². The molecule has 27 heavy (non-hydrogen) atoms. The molecule has 0 aliphatic heterocycles. The monoisotopic (exact) mass is 388 g/mol. The third-order valence-electron chi connectivity index (χ3n) is 4.78. The number of rotatable bonds is 9. The Bertz CT molecular complexity index is 779. The molecule has 0 spiro atoms. The summed E-state index contributed by atoms with van der Waals surface area (Å²) in [7, 11) is 0. The van der Waals surface area contributed by atoms with Gasteiger partial charge in [-0.15, -0.1) is 11.8 Å². The van der Waals surface area contributed by atoms with E-state index >= 15 is 0 Å². The Labute approximate surface area is 163 Å². The fourth-order valence-electron chi connectivity index (χ4n) is 3.31. The molecular formula is C21H25FN2O2S. The zero-order valence-electron chi connectivity index (χ0n) is 15.3. The molecule has 2 aromatic rings. The van der Waals surface area contributed by atoms with E-state index in [1.165, 1.54) is 25.7 Å². The average Bonchev–Trinajstić information content (AvgIpc) is 3.16. The number of hydrogen-bond donors (Lipinski definition) is 2. The maximum Gasteiger partial charge on any atom is 0.303 e. The second-order valence-corrected chi connectivity index (χ2v) is 8.15. The molecule has 0 radical (unpaired) electrons. The van der Waals surface area contributed by atoms with Gasteiger partial charge < -0.3 is 10.4 Å². The molecule has 0 bridgehead atoms. The minimum Gasteiger partial charge on any atom is -0.481 e. The third-order valence-corrected chi connectivity index (χ3v) is 6.13. The summed E-state index contributed by atoms with van der Waals surface area (Å²) >= 11 is 1.81. The van der Waals surface area contributed by atoms with Crippen molar-refractivity contribution >= 4 is 17.7 Å². The van der Waals surface area contributed by atoms with Crippen molar-refractivity contribution in [3.63, 3.8) is 0 Å². The van der Waals surface area contributed by atoms with Crippen molar-refractivity contribution in [2.24, 2.45) is 0 Å². The molecular weight excluding hydrogens is 363 g/mol. The van der Waals surface area contributed by atoms with Gasteiger partial charge in [-0.2, -0.15) is 0 Å². The first kappa shape index (κ1) is 19.8. The molecule has 1 aromatic carbocycles. The molecule has 6 heteroatoms. The molecule has 1 aromatic heterocycles. The van der Waals surface area contributed by atoms with Crippen LogP contribution in [0.5, 0.6) is 0 Å². The molecule has 2 N–H and O–H groups in total. The normalized spacial score (nSPS) is 14.6. The Morgan fingerprint density at radius 2 is 2.11 bits per heavy atom. The first-order valence-corrected chi connectivity index (χ1v) is 10.3.